The Hall–Kier alpha value is -1.42. The molecule has 0 aromatic carbocycles. The van der Waals surface area contributed by atoms with E-state index in [1.54, 1.807) is 13.3 Å². The zero-order valence-electron chi connectivity index (χ0n) is 11.6. The fraction of sp³-hybridized carbons (Fsp3) is 0.333. The Kier molecular flexibility index (Phi) is 4.20. The van der Waals surface area contributed by atoms with E-state index >= 15 is 0 Å². The Labute approximate surface area is 122 Å². The van der Waals surface area contributed by atoms with Crippen LogP contribution >= 0.6 is 15.9 Å². The van der Waals surface area contributed by atoms with Gasteiger partial charge in [0.15, 0.2) is 0 Å². The van der Waals surface area contributed by atoms with Crippen molar-refractivity contribution in [2.75, 3.05) is 7.11 Å². The molecule has 3 nitrogen and oxygen atoms in total. The second-order valence-electron chi connectivity index (χ2n) is 4.77. The Morgan fingerprint density at radius 1 is 1.26 bits per heavy atom. The van der Waals surface area contributed by atoms with Gasteiger partial charge in [-0.05, 0) is 52.5 Å². The highest BCUT2D eigenvalue weighted by molar-refractivity contribution is 9.10. The van der Waals surface area contributed by atoms with Crippen LogP contribution in [0.1, 0.15) is 31.0 Å². The minimum Gasteiger partial charge on any atom is -0.480 e. The summed E-state index contributed by atoms with van der Waals surface area (Å²) in [4.78, 5) is 9.02. The topological polar surface area (TPSA) is 35.0 Å². The van der Waals surface area contributed by atoms with Gasteiger partial charge < -0.3 is 4.74 Å². The maximum absolute atomic E-state index is 5.41. The molecule has 19 heavy (non-hydrogen) atoms. The summed E-state index contributed by atoms with van der Waals surface area (Å²) in [5.41, 5.74) is 3.95. The van der Waals surface area contributed by atoms with Crippen molar-refractivity contribution in [3.8, 4) is 17.1 Å². The first-order chi connectivity index (χ1) is 9.02. The summed E-state index contributed by atoms with van der Waals surface area (Å²) in [7, 11) is 1.64. The molecule has 2 heterocycles. The van der Waals surface area contributed by atoms with Crippen LogP contribution in [0.4, 0.5) is 0 Å². The van der Waals surface area contributed by atoms with Crippen LogP contribution in [0.25, 0.3) is 11.3 Å². The van der Waals surface area contributed by atoms with Crippen LogP contribution in [-0.4, -0.2) is 17.1 Å². The first-order valence-corrected chi connectivity index (χ1v) is 6.99. The van der Waals surface area contributed by atoms with Crippen molar-refractivity contribution < 1.29 is 4.74 Å². The molecule has 0 radical (unpaired) electrons. The average molecular weight is 321 g/mol. The normalized spacial score (nSPS) is 10.8. The fourth-order valence-electron chi connectivity index (χ4n) is 1.93. The fourth-order valence-corrected chi connectivity index (χ4v) is 2.38. The highest BCUT2D eigenvalue weighted by atomic mass is 79.9. The lowest BCUT2D eigenvalue weighted by Gasteiger charge is -2.12. The van der Waals surface area contributed by atoms with Crippen molar-refractivity contribution in [2.45, 2.75) is 26.7 Å². The number of aromatic nitrogens is 2. The second-order valence-corrected chi connectivity index (χ2v) is 5.68. The molecular weight excluding hydrogens is 304 g/mol. The first kappa shape index (κ1) is 14.0. The molecule has 0 atom stereocenters. The summed E-state index contributed by atoms with van der Waals surface area (Å²) in [5.74, 6) is 1.01. The van der Waals surface area contributed by atoms with Gasteiger partial charge in [-0.2, -0.15) is 0 Å². The van der Waals surface area contributed by atoms with Gasteiger partial charge in [0.25, 0.3) is 0 Å². The first-order valence-electron chi connectivity index (χ1n) is 6.20. The molecule has 2 aromatic heterocycles. The zero-order chi connectivity index (χ0) is 14.0. The van der Waals surface area contributed by atoms with E-state index in [-0.39, 0.29) is 0 Å². The third kappa shape index (κ3) is 2.95. The van der Waals surface area contributed by atoms with E-state index in [1.807, 2.05) is 25.1 Å². The van der Waals surface area contributed by atoms with Crippen LogP contribution in [0.3, 0.4) is 0 Å². The SMILES string of the molecule is COc1nc(C(C)C)ccc1-c1ncc(Br)cc1C. The van der Waals surface area contributed by atoms with Gasteiger partial charge in [0.1, 0.15) is 0 Å². The maximum atomic E-state index is 5.41. The van der Waals surface area contributed by atoms with Crippen LogP contribution in [0.5, 0.6) is 5.88 Å². The molecule has 0 spiro atoms. The summed E-state index contributed by atoms with van der Waals surface area (Å²) in [5, 5.41) is 0. The maximum Gasteiger partial charge on any atom is 0.222 e. The smallest absolute Gasteiger partial charge is 0.222 e. The number of nitrogens with zero attached hydrogens (tertiary/aromatic N) is 2. The average Bonchev–Trinajstić information content (AvgIpc) is 2.38. The highest BCUT2D eigenvalue weighted by Gasteiger charge is 2.13. The largest absolute Gasteiger partial charge is 0.480 e. The van der Waals surface area contributed by atoms with Crippen molar-refractivity contribution in [3.05, 3.63) is 40.1 Å². The Bertz CT molecular complexity index is 597. The molecule has 0 aliphatic carbocycles. The molecule has 0 bridgehead atoms. The summed E-state index contributed by atoms with van der Waals surface area (Å²) in [6, 6.07) is 6.11. The van der Waals surface area contributed by atoms with Crippen molar-refractivity contribution in [3.63, 3.8) is 0 Å². The number of methoxy groups -OCH3 is 1. The third-order valence-electron chi connectivity index (χ3n) is 2.97. The number of aryl methyl sites for hydroxylation is 1. The molecule has 0 amide bonds. The number of hydrogen-bond acceptors (Lipinski definition) is 3. The molecule has 0 unspecified atom stereocenters. The number of ether oxygens (including phenoxy) is 1. The van der Waals surface area contributed by atoms with E-state index in [0.29, 0.717) is 11.8 Å². The van der Waals surface area contributed by atoms with Crippen LogP contribution in [0.2, 0.25) is 0 Å². The molecule has 2 aromatic rings. The summed E-state index contributed by atoms with van der Waals surface area (Å²) < 4.78 is 6.38. The molecule has 0 N–H and O–H groups in total. The van der Waals surface area contributed by atoms with E-state index in [0.717, 1.165) is 27.0 Å². The van der Waals surface area contributed by atoms with Gasteiger partial charge in [-0.15, -0.1) is 0 Å². The minimum atomic E-state index is 0.377. The predicted octanol–water partition coefficient (Wildman–Crippen LogP) is 4.35. The van der Waals surface area contributed by atoms with Crippen molar-refractivity contribution in [2.24, 2.45) is 0 Å². The Morgan fingerprint density at radius 2 is 2.00 bits per heavy atom. The zero-order valence-corrected chi connectivity index (χ0v) is 13.2. The van der Waals surface area contributed by atoms with E-state index < -0.39 is 0 Å². The lowest BCUT2D eigenvalue weighted by atomic mass is 10.1. The summed E-state index contributed by atoms with van der Waals surface area (Å²) >= 11 is 3.43. The summed E-state index contributed by atoms with van der Waals surface area (Å²) in [6.45, 7) is 6.26. The van der Waals surface area contributed by atoms with Crippen LogP contribution < -0.4 is 4.74 Å². The molecule has 0 aliphatic heterocycles. The molecule has 0 fully saturated rings. The van der Waals surface area contributed by atoms with Gasteiger partial charge in [-0.3, -0.25) is 4.98 Å². The standard InChI is InChI=1S/C15H17BrN2O/c1-9(2)13-6-5-12(15(18-13)19-4)14-10(3)7-11(16)8-17-14/h5-9H,1-4H3. The molecule has 0 saturated carbocycles. The lowest BCUT2D eigenvalue weighted by molar-refractivity contribution is 0.397. The monoisotopic (exact) mass is 320 g/mol. The molecule has 0 saturated heterocycles. The number of hydrogen-bond donors (Lipinski definition) is 0. The van der Waals surface area contributed by atoms with Gasteiger partial charge in [-0.1, -0.05) is 13.8 Å². The van der Waals surface area contributed by atoms with E-state index in [4.69, 9.17) is 4.74 Å². The van der Waals surface area contributed by atoms with E-state index in [1.165, 1.54) is 0 Å². The molecule has 4 heteroatoms. The molecule has 2 rings (SSSR count). The summed E-state index contributed by atoms with van der Waals surface area (Å²) in [6.07, 6.45) is 1.79. The predicted molar refractivity (Wildman–Crippen MR) is 80.5 cm³/mol. The minimum absolute atomic E-state index is 0.377. The Morgan fingerprint density at radius 3 is 2.58 bits per heavy atom. The molecular formula is C15H17BrN2O. The van der Waals surface area contributed by atoms with Crippen molar-refractivity contribution >= 4 is 15.9 Å². The molecule has 0 aliphatic rings. The second kappa shape index (κ2) is 5.70. The van der Waals surface area contributed by atoms with Gasteiger partial charge in [0, 0.05) is 16.4 Å². The quantitative estimate of drug-likeness (QED) is 0.843. The van der Waals surface area contributed by atoms with E-state index in [2.05, 4.69) is 39.7 Å². The van der Waals surface area contributed by atoms with Gasteiger partial charge in [-0.25, -0.2) is 4.98 Å². The Balaban J connectivity index is 2.55. The molecule has 100 valence electrons. The lowest BCUT2D eigenvalue weighted by Crippen LogP contribution is -1.99. The third-order valence-corrected chi connectivity index (χ3v) is 3.40. The van der Waals surface area contributed by atoms with Crippen LogP contribution in [0.15, 0.2) is 28.9 Å². The van der Waals surface area contributed by atoms with Crippen LogP contribution in [-0.2, 0) is 0 Å². The van der Waals surface area contributed by atoms with Crippen LogP contribution in [0, 0.1) is 6.92 Å². The number of rotatable bonds is 3. The number of pyridine rings is 2. The van der Waals surface area contributed by atoms with Crippen molar-refractivity contribution in [1.82, 2.24) is 9.97 Å². The highest BCUT2D eigenvalue weighted by Crippen LogP contribution is 2.31. The van der Waals surface area contributed by atoms with Gasteiger partial charge >= 0.3 is 0 Å². The van der Waals surface area contributed by atoms with E-state index in [9.17, 15) is 0 Å². The van der Waals surface area contributed by atoms with Crippen molar-refractivity contribution in [1.29, 1.82) is 0 Å². The van der Waals surface area contributed by atoms with Gasteiger partial charge in [0.2, 0.25) is 5.88 Å². The number of halogens is 1. The van der Waals surface area contributed by atoms with Gasteiger partial charge in [0.05, 0.1) is 18.4 Å².